The summed E-state index contributed by atoms with van der Waals surface area (Å²) in [6, 6.07) is -5.15. The first-order chi connectivity index (χ1) is 13.4. The van der Waals surface area contributed by atoms with Crippen LogP contribution >= 0.6 is 12.6 Å². The second kappa shape index (κ2) is 12.6. The fourth-order valence-corrected chi connectivity index (χ4v) is 2.14. The first-order valence-corrected chi connectivity index (χ1v) is 9.09. The monoisotopic (exact) mass is 434 g/mol. The molecule has 0 fully saturated rings. The minimum Gasteiger partial charge on any atom is -0.480 e. The fraction of sp³-hybridized carbons (Fsp3) is 0.600. The van der Waals surface area contributed by atoms with Crippen LogP contribution in [0.4, 0.5) is 0 Å². The van der Waals surface area contributed by atoms with Crippen molar-refractivity contribution in [3.8, 4) is 0 Å². The Bertz CT molecular complexity index is 659. The van der Waals surface area contributed by atoms with Gasteiger partial charge in [-0.3, -0.25) is 28.8 Å². The third-order valence-corrected chi connectivity index (χ3v) is 4.01. The maximum absolute atomic E-state index is 12.5. The maximum atomic E-state index is 12.5. The van der Waals surface area contributed by atoms with Crippen molar-refractivity contribution in [3.05, 3.63) is 0 Å². The number of thiol groups is 1. The third-order valence-electron chi connectivity index (χ3n) is 3.61. The Hall–Kier alpha value is -2.87. The van der Waals surface area contributed by atoms with E-state index in [1.54, 1.807) is 0 Å². The molecule has 0 aliphatic heterocycles. The van der Waals surface area contributed by atoms with Crippen LogP contribution in [0.25, 0.3) is 0 Å². The van der Waals surface area contributed by atoms with Gasteiger partial charge in [-0.15, -0.1) is 0 Å². The molecule has 4 atom stereocenters. The highest BCUT2D eigenvalue weighted by Crippen LogP contribution is 2.02. The summed E-state index contributed by atoms with van der Waals surface area (Å²) in [6.45, 7) is 1.18. The number of nitrogens with one attached hydrogen (secondary N) is 3. The van der Waals surface area contributed by atoms with E-state index in [-0.39, 0.29) is 18.6 Å². The van der Waals surface area contributed by atoms with Gasteiger partial charge in [0, 0.05) is 12.2 Å². The predicted octanol–water partition coefficient (Wildman–Crippen LogP) is -4.06. The third kappa shape index (κ3) is 10.3. The molecule has 0 saturated heterocycles. The van der Waals surface area contributed by atoms with Crippen molar-refractivity contribution >= 4 is 48.1 Å². The summed E-state index contributed by atoms with van der Waals surface area (Å²) in [4.78, 5) is 69.8. The van der Waals surface area contributed by atoms with Gasteiger partial charge < -0.3 is 38.3 Å². The lowest BCUT2D eigenvalue weighted by atomic mass is 10.1. The molecule has 0 bridgehead atoms. The number of hydrogen-bond donors (Lipinski definition) is 8. The minimum absolute atomic E-state index is 0.0181. The molecule has 0 aromatic heterocycles. The van der Waals surface area contributed by atoms with Gasteiger partial charge in [0.15, 0.2) is 0 Å². The van der Waals surface area contributed by atoms with Gasteiger partial charge in [-0.1, -0.05) is 0 Å². The molecule has 0 aliphatic carbocycles. The standard InChI is InChI=1S/C15H26N6O7S/c1-6(15(27)28)19-14(26)9(4-11(18)23)21-13(25)8(2-3-10(17)22)20-12(24)7(16)5-29/h6-9,29H,2-5,16H2,1H3,(H2,17,22)(H2,18,23)(H,19,26)(H,20,24)(H,21,25)(H,27,28). The van der Waals surface area contributed by atoms with E-state index in [4.69, 9.17) is 22.3 Å². The number of primary amides is 2. The predicted molar refractivity (Wildman–Crippen MR) is 103 cm³/mol. The first kappa shape index (κ1) is 26.1. The first-order valence-electron chi connectivity index (χ1n) is 8.46. The Morgan fingerprint density at radius 3 is 1.86 bits per heavy atom. The SMILES string of the molecule is CC(NC(=O)C(CC(N)=O)NC(=O)C(CCC(N)=O)NC(=O)C(N)CS)C(=O)O. The molecule has 0 aromatic carbocycles. The second-order valence-corrected chi connectivity index (χ2v) is 6.52. The van der Waals surface area contributed by atoms with Crippen molar-refractivity contribution in [1.29, 1.82) is 0 Å². The van der Waals surface area contributed by atoms with Crippen LogP contribution in [0, 0.1) is 0 Å². The van der Waals surface area contributed by atoms with Crippen LogP contribution in [0.2, 0.25) is 0 Å². The largest absolute Gasteiger partial charge is 0.480 e. The van der Waals surface area contributed by atoms with Crippen LogP contribution in [-0.4, -0.2) is 70.5 Å². The van der Waals surface area contributed by atoms with E-state index in [9.17, 15) is 28.8 Å². The number of carbonyl (C=O) groups is 6. The van der Waals surface area contributed by atoms with Crippen molar-refractivity contribution < 1.29 is 33.9 Å². The highest BCUT2D eigenvalue weighted by molar-refractivity contribution is 7.80. The number of hydrogen-bond acceptors (Lipinski definition) is 8. The summed E-state index contributed by atoms with van der Waals surface area (Å²) in [5.74, 6) is -5.67. The van der Waals surface area contributed by atoms with Gasteiger partial charge in [0.1, 0.15) is 18.1 Å². The lowest BCUT2D eigenvalue weighted by molar-refractivity contribution is -0.142. The molecule has 0 rings (SSSR count). The summed E-state index contributed by atoms with van der Waals surface area (Å²) in [6.07, 6.45) is -1.10. The fourth-order valence-electron chi connectivity index (χ4n) is 1.98. The number of carboxylic acid groups (broad SMARTS) is 1. The Labute approximate surface area is 171 Å². The summed E-state index contributed by atoms with van der Waals surface area (Å²) < 4.78 is 0. The molecular formula is C15H26N6O7S. The molecule has 164 valence electrons. The highest BCUT2D eigenvalue weighted by Gasteiger charge is 2.30. The normalized spacial score (nSPS) is 14.6. The van der Waals surface area contributed by atoms with E-state index in [1.165, 1.54) is 6.92 Å². The van der Waals surface area contributed by atoms with Crippen molar-refractivity contribution in [2.75, 3.05) is 5.75 Å². The summed E-state index contributed by atoms with van der Waals surface area (Å²) in [5, 5.41) is 15.5. The summed E-state index contributed by atoms with van der Waals surface area (Å²) in [7, 11) is 0. The van der Waals surface area contributed by atoms with Gasteiger partial charge in [0.25, 0.3) is 0 Å². The molecular weight excluding hydrogens is 408 g/mol. The summed E-state index contributed by atoms with van der Waals surface area (Å²) >= 11 is 3.87. The van der Waals surface area contributed by atoms with Crippen molar-refractivity contribution in [1.82, 2.24) is 16.0 Å². The molecule has 0 aromatic rings. The van der Waals surface area contributed by atoms with Crippen molar-refractivity contribution in [2.24, 2.45) is 17.2 Å². The zero-order valence-corrected chi connectivity index (χ0v) is 16.6. The molecule has 29 heavy (non-hydrogen) atoms. The average Bonchev–Trinajstić information content (AvgIpc) is 2.62. The number of carboxylic acids is 1. The van der Waals surface area contributed by atoms with Crippen LogP contribution in [0.15, 0.2) is 0 Å². The Morgan fingerprint density at radius 1 is 0.897 bits per heavy atom. The van der Waals surface area contributed by atoms with Gasteiger partial charge in [-0.2, -0.15) is 12.6 Å². The smallest absolute Gasteiger partial charge is 0.325 e. The molecule has 14 heteroatoms. The topological polar surface area (TPSA) is 237 Å². The van der Waals surface area contributed by atoms with Crippen LogP contribution in [0.3, 0.4) is 0 Å². The van der Waals surface area contributed by atoms with E-state index in [2.05, 4.69) is 28.6 Å². The molecule has 0 aliphatic rings. The number of aliphatic carboxylic acids is 1. The van der Waals surface area contributed by atoms with Gasteiger partial charge >= 0.3 is 5.97 Å². The van der Waals surface area contributed by atoms with E-state index < -0.39 is 66.1 Å². The van der Waals surface area contributed by atoms with Crippen LogP contribution in [0.5, 0.6) is 0 Å². The molecule has 0 heterocycles. The van der Waals surface area contributed by atoms with Crippen LogP contribution in [-0.2, 0) is 28.8 Å². The van der Waals surface area contributed by atoms with Crippen LogP contribution in [0.1, 0.15) is 26.2 Å². The van der Waals surface area contributed by atoms with Crippen LogP contribution < -0.4 is 33.2 Å². The zero-order chi connectivity index (χ0) is 22.7. The zero-order valence-electron chi connectivity index (χ0n) is 15.7. The van der Waals surface area contributed by atoms with Gasteiger partial charge in [0.05, 0.1) is 12.5 Å². The number of rotatable bonds is 13. The Kier molecular flexibility index (Phi) is 11.3. The molecule has 13 nitrogen and oxygen atoms in total. The van der Waals surface area contributed by atoms with Gasteiger partial charge in [-0.25, -0.2) is 0 Å². The molecule has 4 unspecified atom stereocenters. The Balaban J connectivity index is 5.37. The lowest BCUT2D eigenvalue weighted by Gasteiger charge is -2.23. The molecule has 0 spiro atoms. The van der Waals surface area contributed by atoms with E-state index in [0.29, 0.717) is 0 Å². The number of nitrogens with two attached hydrogens (primary N) is 3. The average molecular weight is 434 g/mol. The quantitative estimate of drug-likeness (QED) is 0.132. The number of amides is 5. The van der Waals surface area contributed by atoms with E-state index >= 15 is 0 Å². The maximum Gasteiger partial charge on any atom is 0.325 e. The molecule has 5 amide bonds. The summed E-state index contributed by atoms with van der Waals surface area (Å²) in [5.41, 5.74) is 15.6. The van der Waals surface area contributed by atoms with Gasteiger partial charge in [0.2, 0.25) is 29.5 Å². The van der Waals surface area contributed by atoms with Gasteiger partial charge in [-0.05, 0) is 13.3 Å². The molecule has 0 radical (unpaired) electrons. The van der Waals surface area contributed by atoms with E-state index in [1.807, 2.05) is 0 Å². The minimum atomic E-state index is -1.51. The molecule has 10 N–H and O–H groups in total. The van der Waals surface area contributed by atoms with Crippen molar-refractivity contribution in [3.63, 3.8) is 0 Å². The van der Waals surface area contributed by atoms with E-state index in [0.717, 1.165) is 0 Å². The lowest BCUT2D eigenvalue weighted by Crippen LogP contribution is -2.57. The number of carbonyl (C=O) groups excluding carboxylic acids is 5. The highest BCUT2D eigenvalue weighted by atomic mass is 32.1. The van der Waals surface area contributed by atoms with Crippen molar-refractivity contribution in [2.45, 2.75) is 50.4 Å². The molecule has 0 saturated carbocycles. The Morgan fingerprint density at radius 2 is 1.41 bits per heavy atom. The second-order valence-electron chi connectivity index (χ2n) is 6.16.